The van der Waals surface area contributed by atoms with Gasteiger partial charge in [0.15, 0.2) is 5.65 Å². The highest BCUT2D eigenvalue weighted by Gasteiger charge is 2.32. The zero-order chi connectivity index (χ0) is 20.7. The standard InChI is InChI=1S/C23H28N6O/c1-16-8-7-10-24-21(16)23(30)28-13-4-3-9-19(28)18-14-20-25-22(27-11-5-6-12-27)17(2)15-29(20)26-18/h7-8,10,14-15,19H,3-6,9,11-13H2,1-2H3. The van der Waals surface area contributed by atoms with Gasteiger partial charge in [0.25, 0.3) is 5.91 Å². The van der Waals surface area contributed by atoms with Crippen LogP contribution in [0, 0.1) is 13.8 Å². The minimum Gasteiger partial charge on any atom is -0.356 e. The van der Waals surface area contributed by atoms with Crippen LogP contribution in [-0.4, -0.2) is 50.0 Å². The quantitative estimate of drug-likeness (QED) is 0.666. The van der Waals surface area contributed by atoms with E-state index >= 15 is 0 Å². The number of hydrogen-bond acceptors (Lipinski definition) is 5. The van der Waals surface area contributed by atoms with Crippen LogP contribution in [0.25, 0.3) is 5.65 Å². The Morgan fingerprint density at radius 3 is 2.67 bits per heavy atom. The van der Waals surface area contributed by atoms with E-state index in [4.69, 9.17) is 10.1 Å². The first-order valence-corrected chi connectivity index (χ1v) is 11.0. The van der Waals surface area contributed by atoms with Crippen LogP contribution < -0.4 is 4.90 Å². The predicted molar refractivity (Wildman–Crippen MR) is 116 cm³/mol. The molecular weight excluding hydrogens is 376 g/mol. The maximum absolute atomic E-state index is 13.3. The topological polar surface area (TPSA) is 66.6 Å². The fourth-order valence-electron chi connectivity index (χ4n) is 4.76. The summed E-state index contributed by atoms with van der Waals surface area (Å²) in [4.78, 5) is 26.9. The van der Waals surface area contributed by atoms with E-state index in [2.05, 4.69) is 29.1 Å². The summed E-state index contributed by atoms with van der Waals surface area (Å²) in [6.07, 6.45) is 9.23. The first-order chi connectivity index (χ1) is 14.6. The van der Waals surface area contributed by atoms with Crippen molar-refractivity contribution in [1.29, 1.82) is 0 Å². The SMILES string of the molecule is Cc1cccnc1C(=O)N1CCCCC1c1cc2nc(N3CCCC3)c(C)cn2n1. The smallest absolute Gasteiger partial charge is 0.273 e. The lowest BCUT2D eigenvalue weighted by Gasteiger charge is -2.34. The van der Waals surface area contributed by atoms with Crippen LogP contribution in [0.15, 0.2) is 30.6 Å². The molecule has 0 saturated carbocycles. The minimum absolute atomic E-state index is 0.00301. The molecule has 0 N–H and O–H groups in total. The molecule has 3 aromatic heterocycles. The number of aryl methyl sites for hydroxylation is 2. The van der Waals surface area contributed by atoms with E-state index in [9.17, 15) is 4.79 Å². The number of pyridine rings is 1. The molecule has 2 saturated heterocycles. The molecule has 7 nitrogen and oxygen atoms in total. The first-order valence-electron chi connectivity index (χ1n) is 11.0. The molecule has 0 aromatic carbocycles. The molecular formula is C23H28N6O. The normalized spacial score (nSPS) is 19.6. The lowest BCUT2D eigenvalue weighted by Crippen LogP contribution is -2.39. The Hall–Kier alpha value is -2.96. The Bertz CT molecular complexity index is 1080. The lowest BCUT2D eigenvalue weighted by atomic mass is 9.98. The second kappa shape index (κ2) is 7.70. The average molecular weight is 405 g/mol. The van der Waals surface area contributed by atoms with Crippen molar-refractivity contribution in [2.45, 2.75) is 52.0 Å². The van der Waals surface area contributed by atoms with Gasteiger partial charge in [-0.3, -0.25) is 9.78 Å². The number of likely N-dealkylation sites (tertiary alicyclic amines) is 1. The van der Waals surface area contributed by atoms with Crippen molar-refractivity contribution < 1.29 is 4.79 Å². The molecule has 0 aliphatic carbocycles. The summed E-state index contributed by atoms with van der Waals surface area (Å²) < 4.78 is 1.87. The Morgan fingerprint density at radius 2 is 1.87 bits per heavy atom. The van der Waals surface area contributed by atoms with Crippen LogP contribution in [-0.2, 0) is 0 Å². The summed E-state index contributed by atoms with van der Waals surface area (Å²) in [6, 6.07) is 5.83. The molecule has 2 aliphatic heterocycles. The number of anilines is 1. The van der Waals surface area contributed by atoms with Crippen molar-refractivity contribution in [3.8, 4) is 0 Å². The minimum atomic E-state index is -0.0371. The van der Waals surface area contributed by atoms with Crippen molar-refractivity contribution in [1.82, 2.24) is 24.5 Å². The van der Waals surface area contributed by atoms with Crippen molar-refractivity contribution in [3.05, 3.63) is 53.1 Å². The molecule has 7 heteroatoms. The molecule has 5 heterocycles. The van der Waals surface area contributed by atoms with E-state index < -0.39 is 0 Å². The molecule has 1 unspecified atom stereocenters. The van der Waals surface area contributed by atoms with Crippen LogP contribution in [0.2, 0.25) is 0 Å². The Kier molecular flexibility index (Phi) is 4.89. The van der Waals surface area contributed by atoms with Crippen molar-refractivity contribution >= 4 is 17.4 Å². The van der Waals surface area contributed by atoms with E-state index in [0.29, 0.717) is 5.69 Å². The highest BCUT2D eigenvalue weighted by molar-refractivity contribution is 5.94. The number of carbonyl (C=O) groups excluding carboxylic acids is 1. The fourth-order valence-corrected chi connectivity index (χ4v) is 4.76. The molecule has 2 fully saturated rings. The van der Waals surface area contributed by atoms with E-state index in [1.165, 1.54) is 12.8 Å². The van der Waals surface area contributed by atoms with Gasteiger partial charge in [-0.1, -0.05) is 6.07 Å². The number of piperidine rings is 1. The molecule has 3 aromatic rings. The van der Waals surface area contributed by atoms with Crippen LogP contribution in [0.3, 0.4) is 0 Å². The van der Waals surface area contributed by atoms with Gasteiger partial charge in [-0.2, -0.15) is 5.10 Å². The van der Waals surface area contributed by atoms with Gasteiger partial charge in [-0.25, -0.2) is 9.50 Å². The van der Waals surface area contributed by atoms with Crippen LogP contribution in [0.5, 0.6) is 0 Å². The highest BCUT2D eigenvalue weighted by Crippen LogP contribution is 2.32. The molecule has 156 valence electrons. The third-order valence-electron chi connectivity index (χ3n) is 6.35. The Balaban J connectivity index is 1.49. The van der Waals surface area contributed by atoms with Gasteiger partial charge in [0.05, 0.1) is 11.7 Å². The fraction of sp³-hybridized carbons (Fsp3) is 0.478. The van der Waals surface area contributed by atoms with Crippen molar-refractivity contribution in [2.24, 2.45) is 0 Å². The molecule has 2 aliphatic rings. The number of nitrogens with zero attached hydrogens (tertiary/aromatic N) is 6. The number of hydrogen-bond donors (Lipinski definition) is 0. The molecule has 0 radical (unpaired) electrons. The monoisotopic (exact) mass is 404 g/mol. The molecule has 0 bridgehead atoms. The first kappa shape index (κ1) is 19.0. The summed E-state index contributed by atoms with van der Waals surface area (Å²) in [6.45, 7) is 6.91. The van der Waals surface area contributed by atoms with E-state index in [-0.39, 0.29) is 11.9 Å². The van der Waals surface area contributed by atoms with Gasteiger partial charge in [0, 0.05) is 43.7 Å². The van der Waals surface area contributed by atoms with Crippen molar-refractivity contribution in [2.75, 3.05) is 24.5 Å². The largest absolute Gasteiger partial charge is 0.356 e. The molecule has 30 heavy (non-hydrogen) atoms. The van der Waals surface area contributed by atoms with E-state index in [1.807, 2.05) is 28.5 Å². The zero-order valence-corrected chi connectivity index (χ0v) is 17.7. The van der Waals surface area contributed by atoms with Gasteiger partial charge in [0.1, 0.15) is 11.5 Å². The number of rotatable bonds is 3. The highest BCUT2D eigenvalue weighted by atomic mass is 16.2. The predicted octanol–water partition coefficient (Wildman–Crippen LogP) is 3.71. The number of aromatic nitrogens is 4. The third kappa shape index (κ3) is 3.32. The molecule has 5 rings (SSSR count). The van der Waals surface area contributed by atoms with E-state index in [0.717, 1.165) is 67.2 Å². The average Bonchev–Trinajstić information content (AvgIpc) is 3.42. The lowest BCUT2D eigenvalue weighted by molar-refractivity contribution is 0.0598. The molecule has 1 atom stereocenters. The summed E-state index contributed by atoms with van der Waals surface area (Å²) in [5, 5.41) is 4.84. The summed E-state index contributed by atoms with van der Waals surface area (Å²) in [7, 11) is 0. The summed E-state index contributed by atoms with van der Waals surface area (Å²) >= 11 is 0. The van der Waals surface area contributed by atoms with Gasteiger partial charge in [-0.15, -0.1) is 0 Å². The summed E-state index contributed by atoms with van der Waals surface area (Å²) in [5.41, 5.74) is 4.36. The number of amides is 1. The maximum atomic E-state index is 13.3. The van der Waals surface area contributed by atoms with Crippen LogP contribution in [0.4, 0.5) is 5.82 Å². The van der Waals surface area contributed by atoms with Crippen LogP contribution >= 0.6 is 0 Å². The van der Waals surface area contributed by atoms with E-state index in [1.54, 1.807) is 6.20 Å². The van der Waals surface area contributed by atoms with Gasteiger partial charge in [-0.05, 0) is 57.6 Å². The third-order valence-corrected chi connectivity index (χ3v) is 6.35. The summed E-state index contributed by atoms with van der Waals surface area (Å²) in [5.74, 6) is 1.06. The number of carbonyl (C=O) groups is 1. The van der Waals surface area contributed by atoms with Gasteiger partial charge >= 0.3 is 0 Å². The zero-order valence-electron chi connectivity index (χ0n) is 17.7. The van der Waals surface area contributed by atoms with Crippen LogP contribution in [0.1, 0.15) is 65.5 Å². The Morgan fingerprint density at radius 1 is 1.07 bits per heavy atom. The second-order valence-electron chi connectivity index (χ2n) is 8.49. The second-order valence-corrected chi connectivity index (χ2v) is 8.49. The Labute approximate surface area is 176 Å². The maximum Gasteiger partial charge on any atom is 0.273 e. The molecule has 0 spiro atoms. The van der Waals surface area contributed by atoms with Gasteiger partial charge < -0.3 is 9.80 Å². The number of fused-ring (bicyclic) bond motifs is 1. The van der Waals surface area contributed by atoms with Crippen molar-refractivity contribution in [3.63, 3.8) is 0 Å². The molecule has 1 amide bonds. The van der Waals surface area contributed by atoms with Gasteiger partial charge in [0.2, 0.25) is 0 Å².